The highest BCUT2D eigenvalue weighted by atomic mass is 16.5. The lowest BCUT2D eigenvalue weighted by atomic mass is 9.65. The second-order valence-electron chi connectivity index (χ2n) is 7.44. The van der Waals surface area contributed by atoms with Crippen LogP contribution in [0.2, 0.25) is 0 Å². The Balaban J connectivity index is 2.23. The van der Waals surface area contributed by atoms with Gasteiger partial charge in [-0.15, -0.1) is 0 Å². The highest BCUT2D eigenvalue weighted by Gasteiger charge is 2.42. The molecule has 3 rings (SSSR count). The van der Waals surface area contributed by atoms with Crippen LogP contribution in [0.4, 0.5) is 0 Å². The third kappa shape index (κ3) is 5.30. The molecule has 0 aromatic carbocycles. The number of esters is 2. The number of fused-ring (bicyclic) bond motifs is 1. The number of allylic oxidation sites excluding steroid dienone is 3. The SMILES string of the molecule is [2H]C1=C([2H])[C@]([2H])(C)[C@H](CCC2C[C@@H](O)C([2H])([2H])C(=O)O2)[C@@H]2C1=C([2H])[C@]([2H])(C([2H])([2H])[2H])C([2H])([2H])C2OC(=O)[C@H](CC)C([2H])([2H])[2H]. The van der Waals surface area contributed by atoms with Gasteiger partial charge in [0.2, 0.25) is 0 Å². The Bertz CT molecular complexity index is 1240. The standard InChI is InChI=1S/C24H36O5/c1-5-15(3)24(27)29-21-11-14(2)10-17-7-6-16(4)20(23(17)21)9-8-19-12-18(25)13-22(26)28-19/h6-7,10,14-16,18-21,23,25H,5,8-9,11-13H2,1-4H3/t14-,15-,16-,18+,19?,20-,21?,23-/m0/s1/i2D3,3D3,6D,7D,10D,11D2,13D2,14D,16D. The first kappa shape index (κ1) is 9.67. The fourth-order valence-electron chi connectivity index (χ4n) is 3.78. The number of hydrogen-bond donors (Lipinski definition) is 1. The van der Waals surface area contributed by atoms with Crippen molar-refractivity contribution in [3.8, 4) is 0 Å². The molecule has 1 N–H and O–H groups in total. The third-order valence-electron chi connectivity index (χ3n) is 5.37. The summed E-state index contributed by atoms with van der Waals surface area (Å²) in [7, 11) is 0. The largest absolute Gasteiger partial charge is 0.462 e. The van der Waals surface area contributed by atoms with Gasteiger partial charge in [-0.25, -0.2) is 0 Å². The minimum absolute atomic E-state index is 0.197. The summed E-state index contributed by atoms with van der Waals surface area (Å²) >= 11 is 0. The molecule has 29 heavy (non-hydrogen) atoms. The second kappa shape index (κ2) is 9.46. The molecule has 0 radical (unpaired) electrons. The van der Waals surface area contributed by atoms with E-state index in [1.807, 2.05) is 0 Å². The molecule has 0 aromatic heterocycles. The van der Waals surface area contributed by atoms with Crippen molar-refractivity contribution in [2.75, 3.05) is 0 Å². The van der Waals surface area contributed by atoms with E-state index in [2.05, 4.69) is 0 Å². The van der Waals surface area contributed by atoms with Crippen molar-refractivity contribution >= 4 is 11.9 Å². The van der Waals surface area contributed by atoms with Crippen LogP contribution in [0, 0.1) is 29.5 Å². The summed E-state index contributed by atoms with van der Waals surface area (Å²) in [6, 6.07) is -2.71. The Morgan fingerprint density at radius 1 is 1.55 bits per heavy atom. The van der Waals surface area contributed by atoms with E-state index < -0.39 is 110 Å². The van der Waals surface area contributed by atoms with Crippen molar-refractivity contribution in [2.24, 2.45) is 29.5 Å². The van der Waals surface area contributed by atoms with Gasteiger partial charge in [-0.05, 0) is 48.9 Å². The molecule has 162 valence electrons. The van der Waals surface area contributed by atoms with Crippen molar-refractivity contribution < 1.29 is 44.7 Å². The molecule has 0 spiro atoms. The van der Waals surface area contributed by atoms with Gasteiger partial charge in [-0.2, -0.15) is 0 Å². The summed E-state index contributed by atoms with van der Waals surface area (Å²) in [5.41, 5.74) is -0.609. The molecular formula is C24H36O5. The van der Waals surface area contributed by atoms with Crippen molar-refractivity contribution in [1.82, 2.24) is 0 Å². The van der Waals surface area contributed by atoms with Crippen LogP contribution in [0.3, 0.4) is 0 Å². The number of hydrogen-bond acceptors (Lipinski definition) is 5. The van der Waals surface area contributed by atoms with E-state index in [-0.39, 0.29) is 25.7 Å². The first-order valence-electron chi connectivity index (χ1n) is 17.2. The zero-order chi connectivity index (χ0) is 34.2. The van der Waals surface area contributed by atoms with Crippen molar-refractivity contribution in [2.45, 2.75) is 84.3 Å². The lowest BCUT2D eigenvalue weighted by molar-refractivity contribution is -0.162. The smallest absolute Gasteiger partial charge is 0.308 e. The molecule has 5 nitrogen and oxygen atoms in total. The summed E-state index contributed by atoms with van der Waals surface area (Å²) in [6.45, 7) is -3.92. The molecule has 8 atom stereocenters. The fourth-order valence-corrected chi connectivity index (χ4v) is 3.78. The van der Waals surface area contributed by atoms with Gasteiger partial charge in [0, 0.05) is 28.8 Å². The lowest BCUT2D eigenvalue weighted by Gasteiger charge is -2.43. The number of carbonyl (C=O) groups excluding carboxylic acids is 2. The van der Waals surface area contributed by atoms with Gasteiger partial charge in [0.1, 0.15) is 12.2 Å². The summed E-state index contributed by atoms with van der Waals surface area (Å²) < 4.78 is 135. The highest BCUT2D eigenvalue weighted by molar-refractivity contribution is 5.72. The number of aliphatic hydroxyl groups excluding tert-OH is 1. The maximum absolute atomic E-state index is 13.3. The summed E-state index contributed by atoms with van der Waals surface area (Å²) in [5.74, 6) is -13.1. The van der Waals surface area contributed by atoms with Crippen LogP contribution < -0.4 is 0 Å². The monoisotopic (exact) mass is 419 g/mol. The maximum Gasteiger partial charge on any atom is 0.308 e. The van der Waals surface area contributed by atoms with Gasteiger partial charge in [0.25, 0.3) is 0 Å². The van der Waals surface area contributed by atoms with E-state index in [1.54, 1.807) is 0 Å². The van der Waals surface area contributed by atoms with Crippen LogP contribution in [0.25, 0.3) is 0 Å². The van der Waals surface area contributed by atoms with E-state index >= 15 is 0 Å². The third-order valence-corrected chi connectivity index (χ3v) is 5.37. The Kier molecular flexibility index (Phi) is 3.16. The van der Waals surface area contributed by atoms with Crippen molar-refractivity contribution in [3.05, 3.63) is 23.7 Å². The van der Waals surface area contributed by atoms with Gasteiger partial charge < -0.3 is 14.6 Å². The van der Waals surface area contributed by atoms with Gasteiger partial charge in [-0.3, -0.25) is 9.59 Å². The molecule has 2 unspecified atom stereocenters. The molecule has 3 aliphatic rings. The molecule has 5 heteroatoms. The first-order valence-corrected chi connectivity index (χ1v) is 9.69. The van der Waals surface area contributed by atoms with Crippen LogP contribution in [0.1, 0.15) is 86.5 Å². The Hall–Kier alpha value is -1.62. The van der Waals surface area contributed by atoms with Gasteiger partial charge in [0.15, 0.2) is 0 Å². The molecule has 1 heterocycles. The second-order valence-corrected chi connectivity index (χ2v) is 7.44. The van der Waals surface area contributed by atoms with E-state index in [4.69, 9.17) is 30.0 Å². The number of carbonyl (C=O) groups is 2. The van der Waals surface area contributed by atoms with Crippen LogP contribution in [-0.2, 0) is 19.1 Å². The molecule has 0 bridgehead atoms. The average Bonchev–Trinajstić information content (AvgIpc) is 2.85. The molecule has 1 fully saturated rings. The highest BCUT2D eigenvalue weighted by Crippen LogP contribution is 2.45. The number of ether oxygens (including phenoxy) is 2. The summed E-state index contributed by atoms with van der Waals surface area (Å²) in [6.07, 6.45) is -12.3. The van der Waals surface area contributed by atoms with E-state index in [9.17, 15) is 14.7 Å². The van der Waals surface area contributed by atoms with Gasteiger partial charge >= 0.3 is 11.9 Å². The van der Waals surface area contributed by atoms with E-state index in [0.717, 1.165) is 0 Å². The first-order chi connectivity index (χ1) is 19.7. The number of rotatable bonds is 6. The minimum Gasteiger partial charge on any atom is -0.462 e. The molecular weight excluding hydrogens is 368 g/mol. The molecule has 0 amide bonds. The maximum atomic E-state index is 13.3. The minimum atomic E-state index is -3.57. The van der Waals surface area contributed by atoms with Crippen LogP contribution in [0.15, 0.2) is 23.7 Å². The topological polar surface area (TPSA) is 72.8 Å². The van der Waals surface area contributed by atoms with Gasteiger partial charge in [-0.1, -0.05) is 45.7 Å². The Labute approximate surface area is 195 Å². The van der Waals surface area contributed by atoms with Crippen molar-refractivity contribution in [3.63, 3.8) is 0 Å². The Morgan fingerprint density at radius 2 is 2.38 bits per heavy atom. The van der Waals surface area contributed by atoms with Crippen LogP contribution >= 0.6 is 0 Å². The molecule has 1 aliphatic heterocycles. The number of cyclic esters (lactones) is 1. The zero-order valence-corrected chi connectivity index (χ0v) is 16.4. The van der Waals surface area contributed by atoms with Crippen LogP contribution in [0.5, 0.6) is 0 Å². The molecule has 0 aromatic rings. The van der Waals surface area contributed by atoms with Crippen LogP contribution in [-0.4, -0.2) is 35.4 Å². The Morgan fingerprint density at radius 3 is 3.07 bits per heavy atom. The summed E-state index contributed by atoms with van der Waals surface area (Å²) in [4.78, 5) is 25.4. The van der Waals surface area contributed by atoms with E-state index in [0.29, 0.717) is 0 Å². The average molecular weight is 420 g/mol. The molecule has 0 saturated carbocycles. The van der Waals surface area contributed by atoms with Crippen molar-refractivity contribution in [1.29, 1.82) is 0 Å². The molecule has 2 aliphatic carbocycles. The molecule has 1 saturated heterocycles. The predicted octanol–water partition coefficient (Wildman–Crippen LogP) is 4.20. The normalized spacial score (nSPS) is 55.9. The summed E-state index contributed by atoms with van der Waals surface area (Å²) in [5, 5.41) is 10.2. The predicted molar refractivity (Wildman–Crippen MR) is 111 cm³/mol. The fraction of sp³-hybridized carbons (Fsp3) is 0.750. The van der Waals surface area contributed by atoms with Gasteiger partial charge in [0.05, 0.1) is 22.5 Å². The zero-order valence-electron chi connectivity index (χ0n) is 31.4. The quantitative estimate of drug-likeness (QED) is 0.653. The lowest BCUT2D eigenvalue weighted by Crippen LogP contribution is -2.42. The number of aliphatic hydroxyl groups is 1. The van der Waals surface area contributed by atoms with E-state index in [1.165, 1.54) is 13.8 Å².